The van der Waals surface area contributed by atoms with Crippen molar-refractivity contribution in [2.45, 2.75) is 31.7 Å². The van der Waals surface area contributed by atoms with Gasteiger partial charge >= 0.3 is 0 Å². The molecule has 2 saturated heterocycles. The fourth-order valence-corrected chi connectivity index (χ4v) is 3.55. The van der Waals surface area contributed by atoms with Gasteiger partial charge in [-0.3, -0.25) is 9.69 Å². The van der Waals surface area contributed by atoms with Gasteiger partial charge in [0.15, 0.2) is 0 Å². The fourth-order valence-electron chi connectivity index (χ4n) is 3.55. The molecule has 22 heavy (non-hydrogen) atoms. The van der Waals surface area contributed by atoms with E-state index in [1.54, 1.807) is 10.7 Å². The van der Waals surface area contributed by atoms with Crippen molar-refractivity contribution >= 4 is 11.4 Å². The molecule has 0 radical (unpaired) electrons. The Morgan fingerprint density at radius 3 is 2.64 bits per heavy atom. The smallest absolute Gasteiger partial charge is 0.254 e. The van der Waals surface area contributed by atoms with Gasteiger partial charge in [0.2, 0.25) is 0 Å². The van der Waals surface area contributed by atoms with Crippen molar-refractivity contribution in [2.75, 3.05) is 26.2 Å². The monoisotopic (exact) mass is 298 g/mol. The Bertz CT molecular complexity index is 666. The minimum Gasteiger partial charge on any atom is -0.335 e. The van der Waals surface area contributed by atoms with Crippen LogP contribution in [0.2, 0.25) is 0 Å². The van der Waals surface area contributed by atoms with Crippen molar-refractivity contribution < 1.29 is 4.79 Å². The zero-order valence-electron chi connectivity index (χ0n) is 12.8. The summed E-state index contributed by atoms with van der Waals surface area (Å²) >= 11 is 0. The Labute approximate surface area is 130 Å². The van der Waals surface area contributed by atoms with E-state index in [1.807, 2.05) is 29.3 Å². The van der Waals surface area contributed by atoms with Gasteiger partial charge in [-0.05, 0) is 44.1 Å². The standard InChI is InChI=1S/C17H22N4O/c22-17(14-6-10-21-15(11-14)5-7-18-21)20-12-16(13-20)19-8-3-1-2-4-9-19/h5-7,10-11,16H,1-4,8-9,12-13H2. The first kappa shape index (κ1) is 13.8. The van der Waals surface area contributed by atoms with Crippen LogP contribution in [0.3, 0.4) is 0 Å². The van der Waals surface area contributed by atoms with Crippen molar-refractivity contribution in [3.63, 3.8) is 0 Å². The average Bonchev–Trinajstić information content (AvgIpc) is 2.80. The highest BCUT2D eigenvalue weighted by Crippen LogP contribution is 2.21. The quantitative estimate of drug-likeness (QED) is 0.852. The van der Waals surface area contributed by atoms with Crippen LogP contribution in [0.25, 0.3) is 5.52 Å². The summed E-state index contributed by atoms with van der Waals surface area (Å²) in [6.07, 6.45) is 8.94. The third-order valence-corrected chi connectivity index (χ3v) is 4.95. The second-order valence-electron chi connectivity index (χ2n) is 6.43. The van der Waals surface area contributed by atoms with Crippen LogP contribution >= 0.6 is 0 Å². The molecule has 2 aromatic heterocycles. The van der Waals surface area contributed by atoms with E-state index in [9.17, 15) is 4.79 Å². The van der Waals surface area contributed by atoms with E-state index in [0.29, 0.717) is 6.04 Å². The Kier molecular flexibility index (Phi) is 3.58. The highest BCUT2D eigenvalue weighted by Gasteiger charge is 2.35. The lowest BCUT2D eigenvalue weighted by molar-refractivity contribution is 0.0274. The highest BCUT2D eigenvalue weighted by atomic mass is 16.2. The van der Waals surface area contributed by atoms with Crippen LogP contribution in [0.15, 0.2) is 30.6 Å². The lowest BCUT2D eigenvalue weighted by Crippen LogP contribution is -2.61. The molecule has 1 amide bonds. The number of likely N-dealkylation sites (tertiary alicyclic amines) is 2. The first-order chi connectivity index (χ1) is 10.8. The number of aromatic nitrogens is 2. The molecular formula is C17H22N4O. The molecular weight excluding hydrogens is 276 g/mol. The van der Waals surface area contributed by atoms with Crippen molar-refractivity contribution in [3.05, 3.63) is 36.2 Å². The number of rotatable bonds is 2. The number of hydrogen-bond acceptors (Lipinski definition) is 3. The molecule has 2 aliphatic rings. The molecule has 0 aromatic carbocycles. The zero-order valence-corrected chi connectivity index (χ0v) is 12.8. The van der Waals surface area contributed by atoms with Crippen molar-refractivity contribution in [3.8, 4) is 0 Å². The third-order valence-electron chi connectivity index (χ3n) is 4.95. The van der Waals surface area contributed by atoms with Gasteiger partial charge in [-0.15, -0.1) is 0 Å². The zero-order chi connectivity index (χ0) is 14.9. The lowest BCUT2D eigenvalue weighted by atomic mass is 10.0. The normalized spacial score (nSPS) is 20.8. The molecule has 0 saturated carbocycles. The average molecular weight is 298 g/mol. The minimum absolute atomic E-state index is 0.148. The van der Waals surface area contributed by atoms with Crippen molar-refractivity contribution in [1.29, 1.82) is 0 Å². The van der Waals surface area contributed by atoms with E-state index < -0.39 is 0 Å². The Morgan fingerprint density at radius 2 is 1.86 bits per heavy atom. The largest absolute Gasteiger partial charge is 0.335 e. The third kappa shape index (κ3) is 2.50. The maximum atomic E-state index is 12.6. The van der Waals surface area contributed by atoms with Crippen molar-refractivity contribution in [1.82, 2.24) is 19.4 Å². The van der Waals surface area contributed by atoms with Gasteiger partial charge in [-0.1, -0.05) is 12.8 Å². The predicted octanol–water partition coefficient (Wildman–Crippen LogP) is 2.03. The van der Waals surface area contributed by atoms with Crippen molar-refractivity contribution in [2.24, 2.45) is 0 Å². The number of carbonyl (C=O) groups excluding carboxylic acids is 1. The molecule has 4 rings (SSSR count). The Morgan fingerprint density at radius 1 is 1.09 bits per heavy atom. The summed E-state index contributed by atoms with van der Waals surface area (Å²) < 4.78 is 1.78. The molecule has 0 N–H and O–H groups in total. The summed E-state index contributed by atoms with van der Waals surface area (Å²) in [5.41, 5.74) is 1.73. The molecule has 5 heteroatoms. The molecule has 4 heterocycles. The van der Waals surface area contributed by atoms with Gasteiger partial charge in [-0.2, -0.15) is 5.10 Å². The number of hydrogen-bond donors (Lipinski definition) is 0. The summed E-state index contributed by atoms with van der Waals surface area (Å²) in [5, 5.41) is 4.17. The number of fused-ring (bicyclic) bond motifs is 1. The first-order valence-electron chi connectivity index (χ1n) is 8.28. The lowest BCUT2D eigenvalue weighted by Gasteiger charge is -2.45. The summed E-state index contributed by atoms with van der Waals surface area (Å²) in [6, 6.07) is 6.28. The summed E-state index contributed by atoms with van der Waals surface area (Å²) in [6.45, 7) is 4.16. The molecule has 2 aromatic rings. The van der Waals surface area contributed by atoms with Gasteiger partial charge in [0.1, 0.15) is 0 Å². The molecule has 5 nitrogen and oxygen atoms in total. The van der Waals surface area contributed by atoms with E-state index in [4.69, 9.17) is 0 Å². The van der Waals surface area contributed by atoms with E-state index in [0.717, 1.165) is 24.2 Å². The van der Waals surface area contributed by atoms with E-state index in [-0.39, 0.29) is 5.91 Å². The number of nitrogens with zero attached hydrogens (tertiary/aromatic N) is 4. The molecule has 2 aliphatic heterocycles. The number of carbonyl (C=O) groups is 1. The van der Waals surface area contributed by atoms with Crippen LogP contribution < -0.4 is 0 Å². The summed E-state index contributed by atoms with van der Waals surface area (Å²) in [5.74, 6) is 0.148. The van der Waals surface area contributed by atoms with Crippen LogP contribution in [0, 0.1) is 0 Å². The predicted molar refractivity (Wildman–Crippen MR) is 84.9 cm³/mol. The Hall–Kier alpha value is -1.88. The number of pyridine rings is 1. The summed E-state index contributed by atoms with van der Waals surface area (Å²) in [4.78, 5) is 17.1. The second kappa shape index (κ2) is 5.72. The molecule has 0 unspecified atom stereocenters. The highest BCUT2D eigenvalue weighted by molar-refractivity contribution is 5.95. The SMILES string of the molecule is O=C(c1ccn2nccc2c1)N1CC(N2CCCCCC2)C1. The molecule has 2 fully saturated rings. The maximum Gasteiger partial charge on any atom is 0.254 e. The maximum absolute atomic E-state index is 12.6. The van der Waals surface area contributed by atoms with Crippen LogP contribution in [0.1, 0.15) is 36.0 Å². The van der Waals surface area contributed by atoms with Gasteiger partial charge in [0, 0.05) is 37.1 Å². The molecule has 0 atom stereocenters. The summed E-state index contributed by atoms with van der Waals surface area (Å²) in [7, 11) is 0. The first-order valence-corrected chi connectivity index (χ1v) is 8.28. The molecule has 0 bridgehead atoms. The topological polar surface area (TPSA) is 40.9 Å². The van der Waals surface area contributed by atoms with Gasteiger partial charge < -0.3 is 4.90 Å². The van der Waals surface area contributed by atoms with Crippen LogP contribution in [-0.2, 0) is 0 Å². The van der Waals surface area contributed by atoms with E-state index >= 15 is 0 Å². The minimum atomic E-state index is 0.148. The molecule has 0 aliphatic carbocycles. The Balaban J connectivity index is 1.40. The van der Waals surface area contributed by atoms with E-state index in [2.05, 4.69) is 10.00 Å². The van der Waals surface area contributed by atoms with Crippen LogP contribution in [0.4, 0.5) is 0 Å². The molecule has 0 spiro atoms. The number of amides is 1. The van der Waals surface area contributed by atoms with Crippen LogP contribution in [0.5, 0.6) is 0 Å². The fraction of sp³-hybridized carbons (Fsp3) is 0.529. The molecule has 116 valence electrons. The van der Waals surface area contributed by atoms with Gasteiger partial charge in [-0.25, -0.2) is 4.52 Å². The van der Waals surface area contributed by atoms with E-state index in [1.165, 1.54) is 38.8 Å². The van der Waals surface area contributed by atoms with Gasteiger partial charge in [0.05, 0.1) is 5.52 Å². The van der Waals surface area contributed by atoms with Gasteiger partial charge in [0.25, 0.3) is 5.91 Å². The van der Waals surface area contributed by atoms with Crippen LogP contribution in [-0.4, -0.2) is 57.5 Å². The second-order valence-corrected chi connectivity index (χ2v) is 6.43.